The molecule has 0 aliphatic heterocycles. The van der Waals surface area contributed by atoms with Gasteiger partial charge in [-0.3, -0.25) is 4.79 Å². The van der Waals surface area contributed by atoms with E-state index in [1.165, 1.54) is 11.3 Å². The average Bonchev–Trinajstić information content (AvgIpc) is 2.68. The largest absolute Gasteiger partial charge is 0.375 e. The first-order valence-corrected chi connectivity index (χ1v) is 6.38. The lowest BCUT2D eigenvalue weighted by Gasteiger charge is -2.03. The Balaban J connectivity index is 2.23. The fourth-order valence-electron chi connectivity index (χ4n) is 1.38. The molecule has 0 radical (unpaired) electrons. The maximum Gasteiger partial charge on any atom is 0.180 e. The van der Waals surface area contributed by atoms with E-state index in [4.69, 9.17) is 28.9 Å². The van der Waals surface area contributed by atoms with E-state index in [1.807, 2.05) is 0 Å². The van der Waals surface area contributed by atoms with Crippen LogP contribution in [0.4, 0.5) is 5.13 Å². The molecule has 0 aliphatic carbocycles. The standard InChI is InChI=1S/C11H8Cl2N2OS/c12-8-3-1-2-7(10(8)13)9(16)4-6-5-17-11(14)15-6/h1-3,5H,4H2,(H2,14,15). The molecule has 2 rings (SSSR count). The summed E-state index contributed by atoms with van der Waals surface area (Å²) in [6.45, 7) is 0. The van der Waals surface area contributed by atoms with Gasteiger partial charge in [-0.1, -0.05) is 29.3 Å². The van der Waals surface area contributed by atoms with Gasteiger partial charge in [0, 0.05) is 10.9 Å². The van der Waals surface area contributed by atoms with Crippen LogP contribution in [0.15, 0.2) is 23.6 Å². The molecule has 0 saturated heterocycles. The van der Waals surface area contributed by atoms with Gasteiger partial charge in [-0.05, 0) is 12.1 Å². The minimum absolute atomic E-state index is 0.122. The number of benzene rings is 1. The number of carbonyl (C=O) groups is 1. The van der Waals surface area contributed by atoms with Crippen LogP contribution in [0.3, 0.4) is 0 Å². The first kappa shape index (κ1) is 12.4. The molecule has 1 heterocycles. The zero-order valence-corrected chi connectivity index (χ0v) is 10.9. The molecule has 1 aromatic heterocycles. The van der Waals surface area contributed by atoms with Gasteiger partial charge in [0.25, 0.3) is 0 Å². The number of anilines is 1. The highest BCUT2D eigenvalue weighted by Gasteiger charge is 2.14. The lowest BCUT2D eigenvalue weighted by atomic mass is 10.1. The molecular weight excluding hydrogens is 279 g/mol. The van der Waals surface area contributed by atoms with Crippen molar-refractivity contribution >= 4 is 45.5 Å². The van der Waals surface area contributed by atoms with E-state index in [0.717, 1.165) is 0 Å². The van der Waals surface area contributed by atoms with Gasteiger partial charge in [-0.15, -0.1) is 11.3 Å². The van der Waals surface area contributed by atoms with Crippen LogP contribution >= 0.6 is 34.5 Å². The van der Waals surface area contributed by atoms with Gasteiger partial charge in [0.15, 0.2) is 10.9 Å². The first-order valence-electron chi connectivity index (χ1n) is 4.75. The number of hydrogen-bond donors (Lipinski definition) is 1. The summed E-state index contributed by atoms with van der Waals surface area (Å²) in [6.07, 6.45) is 0.174. The molecule has 0 atom stereocenters. The van der Waals surface area contributed by atoms with Crippen molar-refractivity contribution in [2.45, 2.75) is 6.42 Å². The van der Waals surface area contributed by atoms with Crippen molar-refractivity contribution < 1.29 is 4.79 Å². The number of nitrogens with two attached hydrogens (primary N) is 1. The zero-order valence-electron chi connectivity index (χ0n) is 8.61. The van der Waals surface area contributed by atoms with E-state index in [2.05, 4.69) is 4.98 Å². The van der Waals surface area contributed by atoms with Crippen molar-refractivity contribution in [1.29, 1.82) is 0 Å². The maximum absolute atomic E-state index is 12.0. The Kier molecular flexibility index (Phi) is 3.66. The van der Waals surface area contributed by atoms with Gasteiger partial charge >= 0.3 is 0 Å². The van der Waals surface area contributed by atoms with E-state index in [9.17, 15) is 4.79 Å². The Labute approximate surface area is 112 Å². The number of nitrogens with zero attached hydrogens (tertiary/aromatic N) is 1. The van der Waals surface area contributed by atoms with Crippen LogP contribution in [0.2, 0.25) is 10.0 Å². The smallest absolute Gasteiger partial charge is 0.180 e. The van der Waals surface area contributed by atoms with Gasteiger partial charge in [-0.25, -0.2) is 4.98 Å². The lowest BCUT2D eigenvalue weighted by Crippen LogP contribution is -2.05. The Bertz CT molecular complexity index is 568. The van der Waals surface area contributed by atoms with E-state index >= 15 is 0 Å². The van der Waals surface area contributed by atoms with E-state index in [0.29, 0.717) is 21.4 Å². The highest BCUT2D eigenvalue weighted by molar-refractivity contribution is 7.13. The molecule has 17 heavy (non-hydrogen) atoms. The quantitative estimate of drug-likeness (QED) is 0.879. The highest BCUT2D eigenvalue weighted by Crippen LogP contribution is 2.26. The number of aromatic nitrogens is 1. The Morgan fingerprint density at radius 2 is 2.18 bits per heavy atom. The molecule has 1 aromatic carbocycles. The fraction of sp³-hybridized carbons (Fsp3) is 0.0909. The summed E-state index contributed by atoms with van der Waals surface area (Å²) in [4.78, 5) is 16.0. The van der Waals surface area contributed by atoms with E-state index in [1.54, 1.807) is 23.6 Å². The molecular formula is C11H8Cl2N2OS. The number of nitrogen functional groups attached to an aromatic ring is 1. The lowest BCUT2D eigenvalue weighted by molar-refractivity contribution is 0.0992. The predicted octanol–water partition coefficient (Wildman–Crippen LogP) is 3.46. The Morgan fingerprint density at radius 1 is 1.41 bits per heavy atom. The third-order valence-electron chi connectivity index (χ3n) is 2.16. The number of ketones is 1. The second-order valence-corrected chi connectivity index (χ2v) is 5.05. The SMILES string of the molecule is Nc1nc(CC(=O)c2cccc(Cl)c2Cl)cs1. The molecule has 2 aromatic rings. The van der Waals surface area contributed by atoms with Crippen molar-refractivity contribution in [2.24, 2.45) is 0 Å². The van der Waals surface area contributed by atoms with E-state index in [-0.39, 0.29) is 17.2 Å². The molecule has 2 N–H and O–H groups in total. The molecule has 0 spiro atoms. The molecule has 88 valence electrons. The summed E-state index contributed by atoms with van der Waals surface area (Å²) in [7, 11) is 0. The van der Waals surface area contributed by atoms with Gasteiger partial charge in [-0.2, -0.15) is 0 Å². The van der Waals surface area contributed by atoms with Gasteiger partial charge in [0.2, 0.25) is 0 Å². The van der Waals surface area contributed by atoms with Crippen LogP contribution < -0.4 is 5.73 Å². The molecule has 6 heteroatoms. The Morgan fingerprint density at radius 3 is 2.82 bits per heavy atom. The van der Waals surface area contributed by atoms with E-state index < -0.39 is 0 Å². The summed E-state index contributed by atoms with van der Waals surface area (Å²) in [6, 6.07) is 4.98. The molecule has 0 fully saturated rings. The molecule has 3 nitrogen and oxygen atoms in total. The summed E-state index contributed by atoms with van der Waals surface area (Å²) in [5.74, 6) is -0.122. The fourth-order valence-corrected chi connectivity index (χ4v) is 2.35. The average molecular weight is 287 g/mol. The summed E-state index contributed by atoms with van der Waals surface area (Å²) < 4.78 is 0. The molecule has 0 bridgehead atoms. The summed E-state index contributed by atoms with van der Waals surface area (Å²) in [5.41, 5.74) is 6.55. The van der Waals surface area contributed by atoms with Crippen molar-refractivity contribution in [3.05, 3.63) is 44.9 Å². The number of halogens is 2. The number of thiazole rings is 1. The molecule has 0 saturated carbocycles. The van der Waals surface area contributed by atoms with Crippen LogP contribution in [-0.4, -0.2) is 10.8 Å². The highest BCUT2D eigenvalue weighted by atomic mass is 35.5. The van der Waals surface area contributed by atoms with Gasteiger partial charge in [0.05, 0.1) is 22.2 Å². The zero-order chi connectivity index (χ0) is 12.4. The molecule has 0 unspecified atom stereocenters. The van der Waals surface area contributed by atoms with Crippen molar-refractivity contribution in [1.82, 2.24) is 4.98 Å². The molecule has 0 aliphatic rings. The van der Waals surface area contributed by atoms with Gasteiger partial charge in [0.1, 0.15) is 0 Å². The van der Waals surface area contributed by atoms with Crippen LogP contribution in [0.5, 0.6) is 0 Å². The topological polar surface area (TPSA) is 56.0 Å². The minimum atomic E-state index is -0.122. The van der Waals surface area contributed by atoms with Crippen molar-refractivity contribution in [3.63, 3.8) is 0 Å². The number of rotatable bonds is 3. The van der Waals surface area contributed by atoms with Crippen LogP contribution in [0.1, 0.15) is 16.1 Å². The second kappa shape index (κ2) is 5.04. The van der Waals surface area contributed by atoms with Crippen LogP contribution in [0, 0.1) is 0 Å². The number of carbonyl (C=O) groups excluding carboxylic acids is 1. The van der Waals surface area contributed by atoms with Crippen LogP contribution in [0.25, 0.3) is 0 Å². The van der Waals surface area contributed by atoms with Crippen molar-refractivity contribution in [3.8, 4) is 0 Å². The molecule has 0 amide bonds. The predicted molar refractivity (Wildman–Crippen MR) is 71.0 cm³/mol. The number of hydrogen-bond acceptors (Lipinski definition) is 4. The minimum Gasteiger partial charge on any atom is -0.375 e. The second-order valence-electron chi connectivity index (χ2n) is 3.38. The third kappa shape index (κ3) is 2.77. The summed E-state index contributed by atoms with van der Waals surface area (Å²) >= 11 is 13.1. The number of Topliss-reactive ketones (excluding diaryl/α,β-unsaturated/α-hetero) is 1. The Hall–Kier alpha value is -1.10. The van der Waals surface area contributed by atoms with Gasteiger partial charge < -0.3 is 5.73 Å². The van der Waals surface area contributed by atoms with Crippen LogP contribution in [-0.2, 0) is 6.42 Å². The maximum atomic E-state index is 12.0. The summed E-state index contributed by atoms with van der Waals surface area (Å²) in [5, 5.41) is 2.86. The normalized spacial score (nSPS) is 10.5. The monoisotopic (exact) mass is 286 g/mol. The first-order chi connectivity index (χ1) is 8.08. The third-order valence-corrected chi connectivity index (χ3v) is 3.70. The van der Waals surface area contributed by atoms with Crippen molar-refractivity contribution in [2.75, 3.05) is 5.73 Å².